The van der Waals surface area contributed by atoms with Crippen LogP contribution in [0.4, 0.5) is 0 Å². The largest absolute Gasteiger partial charge is 0.490 e. The summed E-state index contributed by atoms with van der Waals surface area (Å²) in [4.78, 5) is 1.26. The fourth-order valence-electron chi connectivity index (χ4n) is 2.43. The van der Waals surface area contributed by atoms with Gasteiger partial charge in [0.25, 0.3) is 0 Å². The Labute approximate surface area is 126 Å². The first-order valence-electron chi connectivity index (χ1n) is 7.48. The van der Waals surface area contributed by atoms with Crippen molar-refractivity contribution in [3.05, 3.63) is 18.2 Å². The number of benzene rings is 1. The molecule has 4 heteroatoms. The zero-order valence-corrected chi connectivity index (χ0v) is 13.5. The summed E-state index contributed by atoms with van der Waals surface area (Å²) in [6, 6.07) is 6.83. The van der Waals surface area contributed by atoms with E-state index in [0.717, 1.165) is 44.1 Å². The average Bonchev–Trinajstić information content (AvgIpc) is 2.63. The minimum absolute atomic E-state index is 0.558. The van der Waals surface area contributed by atoms with Crippen molar-refractivity contribution in [3.8, 4) is 11.5 Å². The van der Waals surface area contributed by atoms with Crippen LogP contribution in [0.1, 0.15) is 33.6 Å². The molecule has 20 heavy (non-hydrogen) atoms. The van der Waals surface area contributed by atoms with Crippen LogP contribution in [0.15, 0.2) is 23.1 Å². The summed E-state index contributed by atoms with van der Waals surface area (Å²) in [6.45, 7) is 9.20. The lowest BCUT2D eigenvalue weighted by molar-refractivity contribution is 0.297. The molecule has 0 spiro atoms. The lowest BCUT2D eigenvalue weighted by atomic mass is 10.2. The maximum atomic E-state index is 5.74. The number of rotatable bonds is 6. The minimum Gasteiger partial charge on any atom is -0.490 e. The molecule has 2 atom stereocenters. The second-order valence-electron chi connectivity index (χ2n) is 5.28. The van der Waals surface area contributed by atoms with Crippen LogP contribution in [0, 0.1) is 0 Å². The number of hydrogen-bond donors (Lipinski definition) is 1. The Morgan fingerprint density at radius 1 is 1.20 bits per heavy atom. The molecule has 1 aliphatic rings. The summed E-state index contributed by atoms with van der Waals surface area (Å²) in [5, 5.41) is 4.04. The van der Waals surface area contributed by atoms with Crippen LogP contribution in [-0.4, -0.2) is 31.1 Å². The van der Waals surface area contributed by atoms with Gasteiger partial charge in [-0.1, -0.05) is 13.8 Å². The van der Waals surface area contributed by atoms with Crippen molar-refractivity contribution in [3.63, 3.8) is 0 Å². The Hall–Kier alpha value is -0.870. The lowest BCUT2D eigenvalue weighted by Gasteiger charge is -2.18. The van der Waals surface area contributed by atoms with Crippen LogP contribution < -0.4 is 14.8 Å². The van der Waals surface area contributed by atoms with Crippen molar-refractivity contribution in [2.45, 2.75) is 49.8 Å². The molecular formula is C16H25NO2S. The second kappa shape index (κ2) is 7.79. The molecule has 1 aromatic carbocycles. The Morgan fingerprint density at radius 3 is 2.70 bits per heavy atom. The standard InChI is InChI=1S/C16H25NO2S/c1-4-17-12(2)10-13(3)20-14-6-7-15-16(11-14)19-9-5-8-18-15/h6-7,11-13,17H,4-5,8-10H2,1-3H3. The Bertz CT molecular complexity index is 425. The predicted octanol–water partition coefficient (Wildman–Crippen LogP) is 3.72. The normalized spacial score (nSPS) is 17.4. The molecule has 1 aromatic rings. The molecule has 0 amide bonds. The maximum Gasteiger partial charge on any atom is 0.162 e. The molecule has 0 radical (unpaired) electrons. The van der Waals surface area contributed by atoms with Crippen molar-refractivity contribution < 1.29 is 9.47 Å². The lowest BCUT2D eigenvalue weighted by Crippen LogP contribution is -2.28. The van der Waals surface area contributed by atoms with Crippen molar-refractivity contribution in [2.75, 3.05) is 19.8 Å². The van der Waals surface area contributed by atoms with Crippen LogP contribution in [0.25, 0.3) is 0 Å². The van der Waals surface area contributed by atoms with Gasteiger partial charge in [0.05, 0.1) is 13.2 Å². The number of ether oxygens (including phenoxy) is 2. The van der Waals surface area contributed by atoms with Crippen molar-refractivity contribution in [1.82, 2.24) is 5.32 Å². The van der Waals surface area contributed by atoms with E-state index < -0.39 is 0 Å². The summed E-state index contributed by atoms with van der Waals surface area (Å²) in [5.74, 6) is 1.76. The van der Waals surface area contributed by atoms with Crippen LogP contribution in [0.2, 0.25) is 0 Å². The molecule has 2 unspecified atom stereocenters. The van der Waals surface area contributed by atoms with E-state index in [1.807, 2.05) is 17.8 Å². The molecule has 3 nitrogen and oxygen atoms in total. The average molecular weight is 295 g/mol. The summed E-state index contributed by atoms with van der Waals surface area (Å²) >= 11 is 1.90. The molecule has 1 N–H and O–H groups in total. The third kappa shape index (κ3) is 4.60. The number of thioether (sulfide) groups is 1. The third-order valence-corrected chi connectivity index (χ3v) is 4.42. The van der Waals surface area contributed by atoms with E-state index in [1.54, 1.807) is 0 Å². The maximum absolute atomic E-state index is 5.74. The summed E-state index contributed by atoms with van der Waals surface area (Å²) in [7, 11) is 0. The van der Waals surface area contributed by atoms with Crippen molar-refractivity contribution in [2.24, 2.45) is 0 Å². The highest BCUT2D eigenvalue weighted by atomic mass is 32.2. The minimum atomic E-state index is 0.558. The molecule has 0 saturated heterocycles. The highest BCUT2D eigenvalue weighted by molar-refractivity contribution is 7.99. The zero-order valence-electron chi connectivity index (χ0n) is 12.6. The van der Waals surface area contributed by atoms with Gasteiger partial charge in [0.1, 0.15) is 0 Å². The van der Waals surface area contributed by atoms with Crippen LogP contribution in [0.5, 0.6) is 11.5 Å². The first kappa shape index (κ1) is 15.5. The molecule has 0 bridgehead atoms. The Balaban J connectivity index is 1.94. The van der Waals surface area contributed by atoms with E-state index in [1.165, 1.54) is 4.90 Å². The predicted molar refractivity (Wildman–Crippen MR) is 85.1 cm³/mol. The van der Waals surface area contributed by atoms with E-state index >= 15 is 0 Å². The Kier molecular flexibility index (Phi) is 6.05. The van der Waals surface area contributed by atoms with Gasteiger partial charge in [-0.25, -0.2) is 0 Å². The topological polar surface area (TPSA) is 30.5 Å². The van der Waals surface area contributed by atoms with E-state index in [2.05, 4.69) is 38.2 Å². The van der Waals surface area contributed by atoms with Gasteiger partial charge in [0, 0.05) is 22.6 Å². The molecule has 0 saturated carbocycles. The van der Waals surface area contributed by atoms with Gasteiger partial charge in [0.15, 0.2) is 11.5 Å². The Morgan fingerprint density at radius 2 is 1.95 bits per heavy atom. The SMILES string of the molecule is CCNC(C)CC(C)Sc1ccc2c(c1)OCCCO2. The highest BCUT2D eigenvalue weighted by Gasteiger charge is 2.13. The van der Waals surface area contributed by atoms with Gasteiger partial charge in [-0.3, -0.25) is 0 Å². The van der Waals surface area contributed by atoms with Crippen LogP contribution in [-0.2, 0) is 0 Å². The van der Waals surface area contributed by atoms with Crippen LogP contribution in [0.3, 0.4) is 0 Å². The van der Waals surface area contributed by atoms with E-state index in [9.17, 15) is 0 Å². The molecule has 2 rings (SSSR count). The van der Waals surface area contributed by atoms with Crippen molar-refractivity contribution in [1.29, 1.82) is 0 Å². The van der Waals surface area contributed by atoms with Gasteiger partial charge in [0.2, 0.25) is 0 Å². The first-order valence-corrected chi connectivity index (χ1v) is 8.36. The van der Waals surface area contributed by atoms with Gasteiger partial charge < -0.3 is 14.8 Å². The number of fused-ring (bicyclic) bond motifs is 1. The fraction of sp³-hybridized carbons (Fsp3) is 0.625. The summed E-state index contributed by atoms with van der Waals surface area (Å²) in [5.41, 5.74) is 0. The van der Waals surface area contributed by atoms with Gasteiger partial charge in [-0.15, -0.1) is 11.8 Å². The molecular weight excluding hydrogens is 270 g/mol. The van der Waals surface area contributed by atoms with Gasteiger partial charge in [-0.05, 0) is 38.1 Å². The molecule has 0 aliphatic carbocycles. The van der Waals surface area contributed by atoms with Gasteiger partial charge in [-0.2, -0.15) is 0 Å². The fourth-order valence-corrected chi connectivity index (χ4v) is 3.60. The van der Waals surface area contributed by atoms with E-state index in [4.69, 9.17) is 9.47 Å². The molecule has 0 aromatic heterocycles. The molecule has 1 aliphatic heterocycles. The quantitative estimate of drug-likeness (QED) is 0.810. The van der Waals surface area contributed by atoms with E-state index in [-0.39, 0.29) is 0 Å². The monoisotopic (exact) mass is 295 g/mol. The van der Waals surface area contributed by atoms with Crippen LogP contribution >= 0.6 is 11.8 Å². The molecule has 112 valence electrons. The molecule has 1 heterocycles. The summed E-state index contributed by atoms with van der Waals surface area (Å²) in [6.07, 6.45) is 2.11. The number of hydrogen-bond acceptors (Lipinski definition) is 4. The summed E-state index contributed by atoms with van der Waals surface area (Å²) < 4.78 is 11.4. The van der Waals surface area contributed by atoms with Crippen molar-refractivity contribution >= 4 is 11.8 Å². The van der Waals surface area contributed by atoms with E-state index in [0.29, 0.717) is 11.3 Å². The second-order valence-corrected chi connectivity index (χ2v) is 6.79. The third-order valence-electron chi connectivity index (χ3n) is 3.29. The zero-order chi connectivity index (χ0) is 14.4. The van der Waals surface area contributed by atoms with Gasteiger partial charge >= 0.3 is 0 Å². The number of nitrogens with one attached hydrogen (secondary N) is 1. The molecule has 0 fully saturated rings. The smallest absolute Gasteiger partial charge is 0.162 e. The highest BCUT2D eigenvalue weighted by Crippen LogP contribution is 2.35. The first-order chi connectivity index (χ1) is 9.69.